The molecule has 0 saturated heterocycles. The van der Waals surface area contributed by atoms with E-state index in [9.17, 15) is 0 Å². The number of imidazole rings is 1. The molecule has 1 aliphatic rings. The Kier molecular flexibility index (Phi) is 2.23. The first-order valence-electron chi connectivity index (χ1n) is 5.85. The van der Waals surface area contributed by atoms with E-state index in [1.807, 2.05) is 18.2 Å². The van der Waals surface area contributed by atoms with Gasteiger partial charge in [-0.25, -0.2) is 9.66 Å². The van der Waals surface area contributed by atoms with Crippen LogP contribution in [0.5, 0.6) is 0 Å². The molecule has 1 aromatic carbocycles. The molecule has 5 heteroatoms. The lowest BCUT2D eigenvalue weighted by atomic mass is 10.1. The van der Waals surface area contributed by atoms with Crippen LogP contribution in [0.1, 0.15) is 30.1 Å². The minimum atomic E-state index is 0.416. The number of nitriles is 1. The number of anilines is 1. The molecule has 3 rings (SSSR count). The van der Waals surface area contributed by atoms with Crippen LogP contribution in [0.3, 0.4) is 0 Å². The molecule has 1 fully saturated rings. The second-order valence-corrected chi connectivity index (χ2v) is 4.51. The third kappa shape index (κ3) is 1.51. The van der Waals surface area contributed by atoms with Crippen LogP contribution in [0.25, 0.3) is 11.3 Å². The van der Waals surface area contributed by atoms with E-state index in [1.165, 1.54) is 4.68 Å². The molecule has 5 nitrogen and oxygen atoms in total. The van der Waals surface area contributed by atoms with Gasteiger partial charge < -0.3 is 11.6 Å². The topological polar surface area (TPSA) is 93.6 Å². The third-order valence-electron chi connectivity index (χ3n) is 3.22. The Hall–Kier alpha value is -2.48. The van der Waals surface area contributed by atoms with Gasteiger partial charge in [-0.15, -0.1) is 0 Å². The fraction of sp³-hybridized carbons (Fsp3) is 0.231. The second-order valence-electron chi connectivity index (χ2n) is 4.51. The molecule has 0 atom stereocenters. The quantitative estimate of drug-likeness (QED) is 0.778. The van der Waals surface area contributed by atoms with Crippen LogP contribution in [-0.4, -0.2) is 9.66 Å². The standard InChI is InChI=1S/C13H13N5/c14-7-9-3-1-2-4-10(9)11-12(15)18(16)13(17-11)8-5-6-8/h1-4,8H,5-6,15-16H2. The van der Waals surface area contributed by atoms with Crippen molar-refractivity contribution >= 4 is 5.82 Å². The molecule has 1 heterocycles. The summed E-state index contributed by atoms with van der Waals surface area (Å²) in [7, 11) is 0. The first-order chi connectivity index (χ1) is 8.72. The van der Waals surface area contributed by atoms with E-state index in [4.69, 9.17) is 16.8 Å². The van der Waals surface area contributed by atoms with Crippen molar-refractivity contribution in [3.63, 3.8) is 0 Å². The van der Waals surface area contributed by atoms with Gasteiger partial charge in [0, 0.05) is 11.5 Å². The zero-order chi connectivity index (χ0) is 12.7. The highest BCUT2D eigenvalue weighted by Gasteiger charge is 2.30. The maximum absolute atomic E-state index is 9.11. The van der Waals surface area contributed by atoms with E-state index >= 15 is 0 Å². The highest BCUT2D eigenvalue weighted by Crippen LogP contribution is 2.41. The highest BCUT2D eigenvalue weighted by molar-refractivity contribution is 5.76. The fourth-order valence-electron chi connectivity index (χ4n) is 2.08. The van der Waals surface area contributed by atoms with Gasteiger partial charge in [0.2, 0.25) is 0 Å². The normalized spacial score (nSPS) is 14.4. The number of nitrogens with two attached hydrogens (primary N) is 2. The van der Waals surface area contributed by atoms with Gasteiger partial charge in [0.15, 0.2) is 5.82 Å². The molecule has 1 aliphatic carbocycles. The van der Waals surface area contributed by atoms with E-state index in [2.05, 4.69) is 11.1 Å². The van der Waals surface area contributed by atoms with Gasteiger partial charge in [0.05, 0.1) is 11.6 Å². The van der Waals surface area contributed by atoms with Gasteiger partial charge in [-0.3, -0.25) is 0 Å². The van der Waals surface area contributed by atoms with Crippen LogP contribution in [0, 0.1) is 11.3 Å². The van der Waals surface area contributed by atoms with Crippen molar-refractivity contribution in [3.8, 4) is 17.3 Å². The molecule has 90 valence electrons. The molecule has 2 aromatic rings. The lowest BCUT2D eigenvalue weighted by Gasteiger charge is -2.02. The first kappa shape index (κ1) is 10.7. The smallest absolute Gasteiger partial charge is 0.150 e. The van der Waals surface area contributed by atoms with Crippen LogP contribution in [0.4, 0.5) is 5.82 Å². The Bertz CT molecular complexity index is 646. The van der Waals surface area contributed by atoms with Crippen LogP contribution >= 0.6 is 0 Å². The van der Waals surface area contributed by atoms with E-state index in [1.54, 1.807) is 6.07 Å². The highest BCUT2D eigenvalue weighted by atomic mass is 15.4. The number of nitrogens with zero attached hydrogens (tertiary/aromatic N) is 3. The number of hydrogen-bond acceptors (Lipinski definition) is 4. The maximum Gasteiger partial charge on any atom is 0.150 e. The molecule has 18 heavy (non-hydrogen) atoms. The Labute approximate surface area is 105 Å². The van der Waals surface area contributed by atoms with Gasteiger partial charge in [-0.05, 0) is 18.9 Å². The minimum Gasteiger partial charge on any atom is -0.382 e. The summed E-state index contributed by atoms with van der Waals surface area (Å²) in [5.41, 5.74) is 7.90. The molecule has 0 unspecified atom stereocenters. The summed E-state index contributed by atoms with van der Waals surface area (Å²) in [6, 6.07) is 9.42. The Balaban J connectivity index is 2.17. The first-order valence-corrected chi connectivity index (χ1v) is 5.85. The Morgan fingerprint density at radius 2 is 2.06 bits per heavy atom. The van der Waals surface area contributed by atoms with E-state index in [-0.39, 0.29) is 0 Å². The lowest BCUT2D eigenvalue weighted by molar-refractivity contribution is 0.855. The van der Waals surface area contributed by atoms with E-state index < -0.39 is 0 Å². The lowest BCUT2D eigenvalue weighted by Crippen LogP contribution is -2.14. The van der Waals surface area contributed by atoms with Crippen LogP contribution in [0.2, 0.25) is 0 Å². The van der Waals surface area contributed by atoms with Crippen LogP contribution in [-0.2, 0) is 0 Å². The number of benzene rings is 1. The summed E-state index contributed by atoms with van der Waals surface area (Å²) < 4.78 is 1.45. The molecule has 1 aromatic heterocycles. The number of rotatable bonds is 2. The zero-order valence-electron chi connectivity index (χ0n) is 9.80. The van der Waals surface area contributed by atoms with Gasteiger partial charge in [0.25, 0.3) is 0 Å². The summed E-state index contributed by atoms with van der Waals surface area (Å²) in [6.07, 6.45) is 2.21. The zero-order valence-corrected chi connectivity index (χ0v) is 9.80. The SMILES string of the molecule is N#Cc1ccccc1-c1nc(C2CC2)n(N)c1N. The van der Waals surface area contributed by atoms with Gasteiger partial charge in [-0.2, -0.15) is 5.26 Å². The molecule has 0 bridgehead atoms. The average Bonchev–Trinajstić information content (AvgIpc) is 3.19. The van der Waals surface area contributed by atoms with Crippen molar-refractivity contribution in [1.29, 1.82) is 5.26 Å². The molecular formula is C13H13N5. The number of nitrogen functional groups attached to an aromatic ring is 2. The summed E-state index contributed by atoms with van der Waals surface area (Å²) >= 11 is 0. The summed E-state index contributed by atoms with van der Waals surface area (Å²) in [4.78, 5) is 4.51. The van der Waals surface area contributed by atoms with Crippen molar-refractivity contribution in [1.82, 2.24) is 9.66 Å². The molecular weight excluding hydrogens is 226 g/mol. The summed E-state index contributed by atoms with van der Waals surface area (Å²) in [5.74, 6) is 7.57. The van der Waals surface area contributed by atoms with E-state index in [0.29, 0.717) is 23.0 Å². The summed E-state index contributed by atoms with van der Waals surface area (Å²) in [6.45, 7) is 0. The van der Waals surface area contributed by atoms with Crippen molar-refractivity contribution in [3.05, 3.63) is 35.7 Å². The monoisotopic (exact) mass is 239 g/mol. The Morgan fingerprint density at radius 3 is 2.72 bits per heavy atom. The predicted molar refractivity (Wildman–Crippen MR) is 68.9 cm³/mol. The molecule has 4 N–H and O–H groups in total. The number of hydrogen-bond donors (Lipinski definition) is 2. The van der Waals surface area contributed by atoms with Gasteiger partial charge in [-0.1, -0.05) is 18.2 Å². The van der Waals surface area contributed by atoms with Crippen molar-refractivity contribution in [2.45, 2.75) is 18.8 Å². The van der Waals surface area contributed by atoms with E-state index in [0.717, 1.165) is 24.2 Å². The van der Waals surface area contributed by atoms with Crippen molar-refractivity contribution < 1.29 is 0 Å². The largest absolute Gasteiger partial charge is 0.382 e. The second kappa shape index (κ2) is 3.77. The van der Waals surface area contributed by atoms with Gasteiger partial charge >= 0.3 is 0 Å². The van der Waals surface area contributed by atoms with Crippen molar-refractivity contribution in [2.24, 2.45) is 0 Å². The molecule has 1 saturated carbocycles. The van der Waals surface area contributed by atoms with Crippen molar-refractivity contribution in [2.75, 3.05) is 11.6 Å². The molecule has 0 spiro atoms. The fourth-order valence-corrected chi connectivity index (χ4v) is 2.08. The van der Waals surface area contributed by atoms with Crippen LogP contribution in [0.15, 0.2) is 24.3 Å². The average molecular weight is 239 g/mol. The van der Waals surface area contributed by atoms with Crippen LogP contribution < -0.4 is 11.6 Å². The number of aromatic nitrogens is 2. The third-order valence-corrected chi connectivity index (χ3v) is 3.22. The predicted octanol–water partition coefficient (Wildman–Crippen LogP) is 1.60. The maximum atomic E-state index is 9.11. The molecule has 0 aliphatic heterocycles. The minimum absolute atomic E-state index is 0.416. The summed E-state index contributed by atoms with van der Waals surface area (Å²) in [5, 5.41) is 9.11. The molecule has 0 radical (unpaired) electrons. The van der Waals surface area contributed by atoms with Gasteiger partial charge in [0.1, 0.15) is 11.5 Å². The molecule has 0 amide bonds. The Morgan fingerprint density at radius 1 is 1.33 bits per heavy atom.